The number of hydrogen-bond acceptors (Lipinski definition) is 1. The van der Waals surface area contributed by atoms with Crippen LogP contribution in [0.5, 0.6) is 0 Å². The lowest BCUT2D eigenvalue weighted by atomic mass is 9.79. The normalized spacial score (nSPS) is 37.0. The van der Waals surface area contributed by atoms with E-state index in [1.807, 2.05) is 0 Å². The summed E-state index contributed by atoms with van der Waals surface area (Å²) < 4.78 is 54.1. The van der Waals surface area contributed by atoms with Gasteiger partial charge in [-0.25, -0.2) is 17.6 Å². The molecule has 2 bridgehead atoms. The average Bonchev–Trinajstić information content (AvgIpc) is 3.13. The maximum atomic E-state index is 13.8. The number of hydrogen-bond donors (Lipinski definition) is 1. The molecule has 0 heterocycles. The second kappa shape index (κ2) is 4.62. The number of halogens is 4. The van der Waals surface area contributed by atoms with E-state index in [1.54, 1.807) is 0 Å². The van der Waals surface area contributed by atoms with Gasteiger partial charge in [-0.3, -0.25) is 0 Å². The van der Waals surface area contributed by atoms with E-state index in [0.717, 1.165) is 18.8 Å². The molecule has 0 amide bonds. The van der Waals surface area contributed by atoms with Crippen molar-refractivity contribution < 1.29 is 17.6 Å². The van der Waals surface area contributed by atoms with E-state index in [0.29, 0.717) is 17.8 Å². The van der Waals surface area contributed by atoms with Crippen molar-refractivity contribution in [3.63, 3.8) is 0 Å². The highest BCUT2D eigenvalue weighted by molar-refractivity contribution is 5.48. The van der Waals surface area contributed by atoms with Crippen molar-refractivity contribution in [1.82, 2.24) is 0 Å². The molecular formula is C16H17F4N. The Morgan fingerprint density at radius 2 is 1.52 bits per heavy atom. The Labute approximate surface area is 120 Å². The van der Waals surface area contributed by atoms with Gasteiger partial charge in [0.25, 0.3) is 0 Å². The van der Waals surface area contributed by atoms with Crippen molar-refractivity contribution >= 4 is 5.69 Å². The molecule has 0 radical (unpaired) electrons. The van der Waals surface area contributed by atoms with Gasteiger partial charge in [0.15, 0.2) is 23.3 Å². The SMILES string of the molecule is Fc1cc(F)c(F)c(NC2CC3CC2C2CCCC32)c1F. The van der Waals surface area contributed by atoms with Gasteiger partial charge in [0, 0.05) is 12.1 Å². The number of anilines is 1. The van der Waals surface area contributed by atoms with Gasteiger partial charge in [-0.1, -0.05) is 6.42 Å². The predicted molar refractivity (Wildman–Crippen MR) is 70.7 cm³/mol. The van der Waals surface area contributed by atoms with Crippen LogP contribution in [-0.2, 0) is 0 Å². The van der Waals surface area contributed by atoms with Gasteiger partial charge in [-0.15, -0.1) is 0 Å². The molecule has 3 saturated carbocycles. The van der Waals surface area contributed by atoms with Crippen LogP contribution in [0, 0.1) is 46.9 Å². The topological polar surface area (TPSA) is 12.0 Å². The van der Waals surface area contributed by atoms with Crippen LogP contribution in [0.4, 0.5) is 23.2 Å². The number of nitrogens with one attached hydrogen (secondary N) is 1. The molecule has 3 fully saturated rings. The van der Waals surface area contributed by atoms with E-state index < -0.39 is 29.0 Å². The molecule has 3 aliphatic carbocycles. The van der Waals surface area contributed by atoms with Gasteiger partial charge in [0.1, 0.15) is 5.69 Å². The molecule has 1 aromatic carbocycles. The average molecular weight is 299 g/mol. The zero-order chi connectivity index (χ0) is 14.7. The van der Waals surface area contributed by atoms with Gasteiger partial charge in [0.2, 0.25) is 0 Å². The van der Waals surface area contributed by atoms with E-state index >= 15 is 0 Å². The Morgan fingerprint density at radius 1 is 0.857 bits per heavy atom. The molecule has 1 N–H and O–H groups in total. The third-order valence-electron chi connectivity index (χ3n) is 5.87. The molecule has 0 aromatic heterocycles. The highest BCUT2D eigenvalue weighted by Gasteiger charge is 2.53. The first kappa shape index (κ1) is 13.4. The van der Waals surface area contributed by atoms with Crippen LogP contribution >= 0.6 is 0 Å². The summed E-state index contributed by atoms with van der Waals surface area (Å²) in [6.07, 6.45) is 5.59. The summed E-state index contributed by atoms with van der Waals surface area (Å²) in [6.45, 7) is 0. The summed E-state index contributed by atoms with van der Waals surface area (Å²) in [5.41, 5.74) is -0.639. The minimum atomic E-state index is -1.35. The second-order valence-electron chi connectivity index (χ2n) is 6.75. The Kier molecular flexibility index (Phi) is 2.95. The van der Waals surface area contributed by atoms with Crippen molar-refractivity contribution in [2.75, 3.05) is 5.32 Å². The van der Waals surface area contributed by atoms with Gasteiger partial charge < -0.3 is 5.32 Å². The lowest BCUT2D eigenvalue weighted by Crippen LogP contribution is -2.34. The second-order valence-corrected chi connectivity index (χ2v) is 6.75. The maximum absolute atomic E-state index is 13.8. The van der Waals surface area contributed by atoms with Crippen molar-refractivity contribution in [2.45, 2.75) is 38.1 Å². The van der Waals surface area contributed by atoms with E-state index in [2.05, 4.69) is 5.32 Å². The van der Waals surface area contributed by atoms with E-state index in [9.17, 15) is 17.6 Å². The van der Waals surface area contributed by atoms with Crippen LogP contribution in [-0.4, -0.2) is 6.04 Å². The van der Waals surface area contributed by atoms with E-state index in [1.165, 1.54) is 19.3 Å². The van der Waals surface area contributed by atoms with Crippen molar-refractivity contribution in [2.24, 2.45) is 23.7 Å². The molecule has 21 heavy (non-hydrogen) atoms. The van der Waals surface area contributed by atoms with Crippen LogP contribution in [0.1, 0.15) is 32.1 Å². The molecule has 5 atom stereocenters. The fourth-order valence-electron chi connectivity index (χ4n) is 5.12. The first-order valence-corrected chi connectivity index (χ1v) is 7.65. The maximum Gasteiger partial charge on any atom is 0.185 e. The van der Waals surface area contributed by atoms with Crippen LogP contribution in [0.3, 0.4) is 0 Å². The Hall–Kier alpha value is -1.26. The van der Waals surface area contributed by atoms with Crippen molar-refractivity contribution in [1.29, 1.82) is 0 Å². The molecule has 3 aliphatic rings. The fraction of sp³-hybridized carbons (Fsp3) is 0.625. The van der Waals surface area contributed by atoms with Crippen LogP contribution in [0.25, 0.3) is 0 Å². The Balaban J connectivity index is 1.61. The zero-order valence-corrected chi connectivity index (χ0v) is 11.5. The molecule has 4 rings (SSSR count). The first-order chi connectivity index (χ1) is 10.1. The third kappa shape index (κ3) is 1.89. The fourth-order valence-corrected chi connectivity index (χ4v) is 5.12. The molecule has 5 heteroatoms. The van der Waals surface area contributed by atoms with Gasteiger partial charge in [0.05, 0.1) is 0 Å². The quantitative estimate of drug-likeness (QED) is 0.627. The molecule has 0 aliphatic heterocycles. The summed E-state index contributed by atoms with van der Waals surface area (Å²) in [7, 11) is 0. The Bertz CT molecular complexity index is 562. The highest BCUT2D eigenvalue weighted by atomic mass is 19.2. The molecule has 1 nitrogen and oxygen atoms in total. The molecule has 5 unspecified atom stereocenters. The standard InChI is InChI=1S/C16H17F4N/c17-11-6-12(18)15(20)16(14(11)19)21-13-5-7-4-10(13)9-3-1-2-8(7)9/h6-10,13,21H,1-5H2. The number of rotatable bonds is 2. The largest absolute Gasteiger partial charge is 0.377 e. The Morgan fingerprint density at radius 3 is 2.24 bits per heavy atom. The molecular weight excluding hydrogens is 282 g/mol. The smallest absolute Gasteiger partial charge is 0.185 e. The van der Waals surface area contributed by atoms with Gasteiger partial charge in [-0.2, -0.15) is 0 Å². The predicted octanol–water partition coefficient (Wildman–Crippen LogP) is 4.48. The van der Waals surface area contributed by atoms with E-state index in [-0.39, 0.29) is 12.1 Å². The summed E-state index contributed by atoms with van der Waals surface area (Å²) in [4.78, 5) is 0. The van der Waals surface area contributed by atoms with Gasteiger partial charge in [-0.05, 0) is 49.4 Å². The lowest BCUT2D eigenvalue weighted by molar-refractivity contribution is 0.242. The molecule has 0 saturated heterocycles. The summed E-state index contributed by atoms with van der Waals surface area (Å²) >= 11 is 0. The van der Waals surface area contributed by atoms with E-state index in [4.69, 9.17) is 0 Å². The zero-order valence-electron chi connectivity index (χ0n) is 11.5. The summed E-state index contributed by atoms with van der Waals surface area (Å²) in [5.74, 6) is -2.98. The molecule has 1 aromatic rings. The van der Waals surface area contributed by atoms with Crippen LogP contribution < -0.4 is 5.32 Å². The number of fused-ring (bicyclic) bond motifs is 5. The number of benzene rings is 1. The monoisotopic (exact) mass is 299 g/mol. The lowest BCUT2D eigenvalue weighted by Gasteiger charge is -2.32. The van der Waals surface area contributed by atoms with Crippen molar-refractivity contribution in [3.8, 4) is 0 Å². The van der Waals surface area contributed by atoms with Crippen LogP contribution in [0.2, 0.25) is 0 Å². The highest BCUT2D eigenvalue weighted by Crippen LogP contribution is 2.59. The molecule has 0 spiro atoms. The first-order valence-electron chi connectivity index (χ1n) is 7.65. The van der Waals surface area contributed by atoms with Crippen LogP contribution in [0.15, 0.2) is 6.07 Å². The minimum Gasteiger partial charge on any atom is -0.377 e. The van der Waals surface area contributed by atoms with Crippen molar-refractivity contribution in [3.05, 3.63) is 29.3 Å². The summed E-state index contributed by atoms with van der Waals surface area (Å²) in [5, 5.41) is 2.77. The summed E-state index contributed by atoms with van der Waals surface area (Å²) in [6, 6.07) is 0.184. The molecule has 114 valence electrons. The van der Waals surface area contributed by atoms with Gasteiger partial charge >= 0.3 is 0 Å². The minimum absolute atomic E-state index is 0.0699. The third-order valence-corrected chi connectivity index (χ3v) is 5.87.